The van der Waals surface area contributed by atoms with Crippen molar-refractivity contribution >= 4 is 44.8 Å². The molecular weight excluding hydrogens is 454 g/mol. The van der Waals surface area contributed by atoms with Gasteiger partial charge in [-0.25, -0.2) is 27.7 Å². The third kappa shape index (κ3) is 6.27. The van der Waals surface area contributed by atoms with E-state index < -0.39 is 10.0 Å². The average molecular weight is 482 g/mol. The second-order valence-electron chi connectivity index (χ2n) is 8.26. The number of benzene rings is 1. The molecule has 10 nitrogen and oxygen atoms in total. The molecule has 3 aromatic rings. The number of piperidine rings is 1. The van der Waals surface area contributed by atoms with Gasteiger partial charge in [0.05, 0.1) is 6.26 Å². The van der Waals surface area contributed by atoms with Crippen LogP contribution in [0.4, 0.5) is 28.8 Å². The van der Waals surface area contributed by atoms with E-state index in [1.165, 1.54) is 16.9 Å². The number of aryl methyl sites for hydroxylation is 1. The van der Waals surface area contributed by atoms with E-state index in [9.17, 15) is 13.2 Å². The second-order valence-corrected chi connectivity index (χ2v) is 10.2. The molecule has 1 fully saturated rings. The summed E-state index contributed by atoms with van der Waals surface area (Å²) in [6.07, 6.45) is 5.42. The van der Waals surface area contributed by atoms with Crippen molar-refractivity contribution in [3.05, 3.63) is 60.6 Å². The van der Waals surface area contributed by atoms with Crippen molar-refractivity contribution in [2.45, 2.75) is 19.8 Å². The van der Waals surface area contributed by atoms with E-state index in [2.05, 4.69) is 30.9 Å². The van der Waals surface area contributed by atoms with Crippen LogP contribution in [-0.2, 0) is 14.8 Å². The minimum atomic E-state index is -3.21. The van der Waals surface area contributed by atoms with Crippen LogP contribution in [0.15, 0.2) is 55.0 Å². The second kappa shape index (κ2) is 10.1. The van der Waals surface area contributed by atoms with Crippen LogP contribution in [0.1, 0.15) is 18.4 Å². The number of hydrogen-bond acceptors (Lipinski definition) is 8. The molecule has 0 saturated carbocycles. The van der Waals surface area contributed by atoms with Gasteiger partial charge in [0.25, 0.3) is 0 Å². The Balaban J connectivity index is 1.32. The Bertz CT molecular complexity index is 1260. The Kier molecular flexibility index (Phi) is 7.03. The number of rotatable bonds is 7. The number of nitrogens with one attached hydrogen (secondary N) is 3. The van der Waals surface area contributed by atoms with Crippen LogP contribution in [0.5, 0.6) is 0 Å². The minimum Gasteiger partial charge on any atom is -0.340 e. The fraction of sp³-hybridized carbons (Fsp3) is 0.304. The van der Waals surface area contributed by atoms with Crippen LogP contribution in [0.2, 0.25) is 0 Å². The lowest BCUT2D eigenvalue weighted by atomic mass is 9.97. The molecule has 0 aliphatic carbocycles. The third-order valence-electron chi connectivity index (χ3n) is 5.56. The summed E-state index contributed by atoms with van der Waals surface area (Å²) < 4.78 is 24.7. The summed E-state index contributed by atoms with van der Waals surface area (Å²) in [5.41, 5.74) is 2.57. The van der Waals surface area contributed by atoms with Gasteiger partial charge in [0, 0.05) is 42.6 Å². The highest BCUT2D eigenvalue weighted by Gasteiger charge is 2.28. The average Bonchev–Trinajstić information content (AvgIpc) is 2.80. The van der Waals surface area contributed by atoms with Gasteiger partial charge in [-0.2, -0.15) is 0 Å². The highest BCUT2D eigenvalue weighted by molar-refractivity contribution is 7.88. The van der Waals surface area contributed by atoms with Crippen molar-refractivity contribution in [3.8, 4) is 0 Å². The maximum atomic E-state index is 12.6. The number of amides is 1. The zero-order valence-electron chi connectivity index (χ0n) is 19.0. The fourth-order valence-electron chi connectivity index (χ4n) is 3.71. The molecular formula is C23H27N7O3S. The van der Waals surface area contributed by atoms with Gasteiger partial charge < -0.3 is 16.0 Å². The molecule has 34 heavy (non-hydrogen) atoms. The molecule has 1 aliphatic heterocycles. The van der Waals surface area contributed by atoms with Crippen molar-refractivity contribution in [2.24, 2.45) is 5.92 Å². The molecule has 0 bridgehead atoms. The number of sulfonamides is 1. The van der Waals surface area contributed by atoms with E-state index in [-0.39, 0.29) is 11.8 Å². The molecule has 1 aromatic carbocycles. The van der Waals surface area contributed by atoms with Gasteiger partial charge >= 0.3 is 0 Å². The predicted octanol–water partition coefficient (Wildman–Crippen LogP) is 3.28. The Hall–Kier alpha value is -3.57. The fourth-order valence-corrected chi connectivity index (χ4v) is 4.58. The standard InChI is InChI=1S/C23H27N7O3S/c1-16-7-10-24-20(13-16)29-22-14-21(25-15-26-22)27-18-3-5-19(6-4-18)28-23(31)17-8-11-30(12-9-17)34(2,32)33/h3-7,10,13-15,17H,8-9,11-12H2,1-2H3,(H,28,31)(H2,24,25,26,27,29). The van der Waals surface area contributed by atoms with E-state index in [4.69, 9.17) is 0 Å². The minimum absolute atomic E-state index is 0.0925. The first-order valence-electron chi connectivity index (χ1n) is 10.9. The normalized spacial score (nSPS) is 15.0. The lowest BCUT2D eigenvalue weighted by molar-refractivity contribution is -0.120. The highest BCUT2D eigenvalue weighted by atomic mass is 32.2. The molecule has 1 amide bonds. The van der Waals surface area contributed by atoms with Gasteiger partial charge in [-0.3, -0.25) is 4.79 Å². The molecule has 1 aliphatic rings. The van der Waals surface area contributed by atoms with Gasteiger partial charge in [-0.1, -0.05) is 0 Å². The molecule has 1 saturated heterocycles. The van der Waals surface area contributed by atoms with Crippen molar-refractivity contribution in [1.29, 1.82) is 0 Å². The topological polar surface area (TPSA) is 129 Å². The zero-order valence-corrected chi connectivity index (χ0v) is 19.8. The zero-order chi connectivity index (χ0) is 24.1. The van der Waals surface area contributed by atoms with Gasteiger partial charge in [-0.05, 0) is 61.7 Å². The van der Waals surface area contributed by atoms with E-state index in [1.54, 1.807) is 12.3 Å². The molecule has 0 radical (unpaired) electrons. The molecule has 11 heteroatoms. The molecule has 0 unspecified atom stereocenters. The summed E-state index contributed by atoms with van der Waals surface area (Å²) in [6.45, 7) is 2.73. The van der Waals surface area contributed by atoms with Crippen LogP contribution >= 0.6 is 0 Å². The summed E-state index contributed by atoms with van der Waals surface area (Å²) in [6, 6.07) is 12.9. The Morgan fingerprint density at radius 2 is 1.53 bits per heavy atom. The Morgan fingerprint density at radius 3 is 2.18 bits per heavy atom. The lowest BCUT2D eigenvalue weighted by Gasteiger charge is -2.29. The van der Waals surface area contributed by atoms with Gasteiger partial charge in [-0.15, -0.1) is 0 Å². The molecule has 178 valence electrons. The van der Waals surface area contributed by atoms with E-state index in [0.717, 1.165) is 11.3 Å². The van der Waals surface area contributed by atoms with Crippen LogP contribution < -0.4 is 16.0 Å². The summed E-state index contributed by atoms with van der Waals surface area (Å²) in [5, 5.41) is 9.30. The van der Waals surface area contributed by atoms with Crippen LogP contribution in [0.3, 0.4) is 0 Å². The van der Waals surface area contributed by atoms with Crippen LogP contribution in [-0.4, -0.2) is 52.9 Å². The molecule has 3 N–H and O–H groups in total. The molecule has 0 spiro atoms. The van der Waals surface area contributed by atoms with Crippen molar-refractivity contribution in [1.82, 2.24) is 19.3 Å². The van der Waals surface area contributed by atoms with E-state index in [1.807, 2.05) is 43.3 Å². The summed E-state index contributed by atoms with van der Waals surface area (Å²) in [7, 11) is -3.21. The Labute approximate surface area is 198 Å². The molecule has 2 aromatic heterocycles. The maximum Gasteiger partial charge on any atom is 0.227 e. The van der Waals surface area contributed by atoms with Gasteiger partial charge in [0.2, 0.25) is 15.9 Å². The first-order valence-corrected chi connectivity index (χ1v) is 12.8. The number of carbonyl (C=O) groups is 1. The van der Waals surface area contributed by atoms with Crippen LogP contribution in [0.25, 0.3) is 0 Å². The van der Waals surface area contributed by atoms with Crippen molar-refractivity contribution in [2.75, 3.05) is 35.3 Å². The van der Waals surface area contributed by atoms with E-state index in [0.29, 0.717) is 49.1 Å². The number of hydrogen-bond donors (Lipinski definition) is 3. The first kappa shape index (κ1) is 23.6. The number of anilines is 5. The lowest BCUT2D eigenvalue weighted by Crippen LogP contribution is -2.40. The summed E-state index contributed by atoms with van der Waals surface area (Å²) >= 11 is 0. The highest BCUT2D eigenvalue weighted by Crippen LogP contribution is 2.23. The Morgan fingerprint density at radius 1 is 0.912 bits per heavy atom. The molecule has 4 rings (SSSR count). The van der Waals surface area contributed by atoms with Crippen molar-refractivity contribution in [3.63, 3.8) is 0 Å². The van der Waals surface area contributed by atoms with Crippen LogP contribution in [0, 0.1) is 12.8 Å². The maximum absolute atomic E-state index is 12.6. The smallest absolute Gasteiger partial charge is 0.227 e. The largest absolute Gasteiger partial charge is 0.340 e. The van der Waals surface area contributed by atoms with E-state index >= 15 is 0 Å². The van der Waals surface area contributed by atoms with Crippen molar-refractivity contribution < 1.29 is 13.2 Å². The number of pyridine rings is 1. The SMILES string of the molecule is Cc1ccnc(Nc2cc(Nc3ccc(NC(=O)C4CCN(S(C)(=O)=O)CC4)cc3)ncn2)c1. The first-order chi connectivity index (χ1) is 16.3. The number of nitrogens with zero attached hydrogens (tertiary/aromatic N) is 4. The number of aromatic nitrogens is 3. The third-order valence-corrected chi connectivity index (χ3v) is 6.86. The predicted molar refractivity (Wildman–Crippen MR) is 132 cm³/mol. The van der Waals surface area contributed by atoms with Gasteiger partial charge in [0.15, 0.2) is 0 Å². The van der Waals surface area contributed by atoms with Gasteiger partial charge in [0.1, 0.15) is 23.8 Å². The molecule has 3 heterocycles. The number of carbonyl (C=O) groups excluding carboxylic acids is 1. The molecule has 0 atom stereocenters. The quantitative estimate of drug-likeness (QED) is 0.469. The summed E-state index contributed by atoms with van der Waals surface area (Å²) in [4.78, 5) is 25.3. The monoisotopic (exact) mass is 481 g/mol. The summed E-state index contributed by atoms with van der Waals surface area (Å²) in [5.74, 6) is 1.63.